The largest absolute Gasteiger partial charge is 0.338 e. The number of hydrogen-bond donors (Lipinski definition) is 0. The highest BCUT2D eigenvalue weighted by molar-refractivity contribution is 6.06. The minimum atomic E-state index is -0.624. The molecule has 1 aliphatic rings. The topological polar surface area (TPSA) is 71.3 Å². The van der Waals surface area contributed by atoms with Gasteiger partial charge in [0.15, 0.2) is 5.65 Å². The average molecular weight is 496 g/mol. The Morgan fingerprint density at radius 1 is 0.865 bits per heavy atom. The Hall–Kier alpha value is -4.00. The number of carbonyl (C=O) groups excluding carboxylic acids is 2. The molecule has 4 aromatic rings. The lowest BCUT2D eigenvalue weighted by Crippen LogP contribution is -2.54. The molecule has 3 heterocycles. The van der Waals surface area contributed by atoms with Gasteiger partial charge in [0.2, 0.25) is 5.91 Å². The van der Waals surface area contributed by atoms with Crippen LogP contribution in [0.15, 0.2) is 72.9 Å². The summed E-state index contributed by atoms with van der Waals surface area (Å²) in [5.74, 6) is 0.0315. The van der Waals surface area contributed by atoms with E-state index in [1.54, 1.807) is 6.20 Å². The van der Waals surface area contributed by atoms with Crippen LogP contribution in [-0.4, -0.2) is 62.6 Å². The second kappa shape index (κ2) is 9.81. The molecule has 0 saturated carbocycles. The molecule has 7 nitrogen and oxygen atoms in total. The van der Waals surface area contributed by atoms with Gasteiger partial charge in [-0.05, 0) is 39.3 Å². The molecule has 0 radical (unpaired) electrons. The molecule has 1 fully saturated rings. The Morgan fingerprint density at radius 2 is 1.46 bits per heavy atom. The molecule has 37 heavy (non-hydrogen) atoms. The average Bonchev–Trinajstić information content (AvgIpc) is 3.37. The summed E-state index contributed by atoms with van der Waals surface area (Å²) in [4.78, 5) is 35.8. The molecule has 7 heteroatoms. The number of aromatic nitrogens is 3. The Balaban J connectivity index is 1.40. The highest BCUT2D eigenvalue weighted by Gasteiger charge is 2.36. The maximum Gasteiger partial charge on any atom is 0.254 e. The molecule has 0 aliphatic carbocycles. The first-order valence-corrected chi connectivity index (χ1v) is 12.8. The first-order valence-electron chi connectivity index (χ1n) is 12.8. The van der Waals surface area contributed by atoms with Crippen LogP contribution in [0.1, 0.15) is 49.7 Å². The Bertz CT molecular complexity index is 1420. The van der Waals surface area contributed by atoms with E-state index in [4.69, 9.17) is 4.98 Å². The van der Waals surface area contributed by atoms with E-state index in [9.17, 15) is 9.59 Å². The SMILES string of the molecule is CC(C)n1ncc2c(C(=O)N3CCN(C(=O)C(C)(C)c4ccccc4)CC3)cc(-c3ccccc3)nc21. The number of fused-ring (bicyclic) bond motifs is 1. The minimum Gasteiger partial charge on any atom is -0.338 e. The highest BCUT2D eigenvalue weighted by Crippen LogP contribution is 2.29. The number of benzene rings is 2. The number of pyridine rings is 1. The van der Waals surface area contributed by atoms with E-state index in [0.717, 1.165) is 22.2 Å². The summed E-state index contributed by atoms with van der Waals surface area (Å²) in [5.41, 5.74) is 3.37. The fraction of sp³-hybridized carbons (Fsp3) is 0.333. The van der Waals surface area contributed by atoms with Crippen LogP contribution in [0.3, 0.4) is 0 Å². The van der Waals surface area contributed by atoms with Gasteiger partial charge in [-0.2, -0.15) is 5.10 Å². The van der Waals surface area contributed by atoms with Crippen LogP contribution < -0.4 is 0 Å². The summed E-state index contributed by atoms with van der Waals surface area (Å²) in [6, 6.07) is 21.7. The molecule has 2 amide bonds. The second-order valence-corrected chi connectivity index (χ2v) is 10.4. The van der Waals surface area contributed by atoms with E-state index >= 15 is 0 Å². The molecule has 1 aliphatic heterocycles. The van der Waals surface area contributed by atoms with Crippen molar-refractivity contribution in [1.82, 2.24) is 24.6 Å². The minimum absolute atomic E-state index is 0.0534. The Morgan fingerprint density at radius 3 is 2.08 bits per heavy atom. The number of piperazine rings is 1. The van der Waals surface area contributed by atoms with Gasteiger partial charge < -0.3 is 9.80 Å². The molecule has 2 aromatic carbocycles. The van der Waals surface area contributed by atoms with Crippen LogP contribution in [0.5, 0.6) is 0 Å². The van der Waals surface area contributed by atoms with Gasteiger partial charge in [0.1, 0.15) is 0 Å². The molecule has 0 atom stereocenters. The smallest absolute Gasteiger partial charge is 0.254 e. The van der Waals surface area contributed by atoms with Gasteiger partial charge in [0.25, 0.3) is 5.91 Å². The van der Waals surface area contributed by atoms with Crippen LogP contribution in [0.25, 0.3) is 22.3 Å². The fourth-order valence-electron chi connectivity index (χ4n) is 4.99. The van der Waals surface area contributed by atoms with Crippen molar-refractivity contribution in [1.29, 1.82) is 0 Å². The summed E-state index contributed by atoms with van der Waals surface area (Å²) in [6.45, 7) is 10.0. The van der Waals surface area contributed by atoms with E-state index in [1.807, 2.05) is 95.1 Å². The third-order valence-electron chi connectivity index (χ3n) is 7.24. The van der Waals surface area contributed by atoms with Crippen molar-refractivity contribution in [2.75, 3.05) is 26.2 Å². The number of nitrogens with zero attached hydrogens (tertiary/aromatic N) is 5. The van der Waals surface area contributed by atoms with E-state index in [0.29, 0.717) is 37.4 Å². The number of hydrogen-bond acceptors (Lipinski definition) is 4. The first-order chi connectivity index (χ1) is 17.8. The van der Waals surface area contributed by atoms with Crippen LogP contribution >= 0.6 is 0 Å². The van der Waals surface area contributed by atoms with Gasteiger partial charge >= 0.3 is 0 Å². The summed E-state index contributed by atoms with van der Waals surface area (Å²) in [7, 11) is 0. The van der Waals surface area contributed by atoms with Gasteiger partial charge in [-0.3, -0.25) is 9.59 Å². The summed E-state index contributed by atoms with van der Waals surface area (Å²) in [5, 5.41) is 5.29. The predicted octanol–water partition coefficient (Wildman–Crippen LogP) is 4.94. The van der Waals surface area contributed by atoms with Crippen LogP contribution in [-0.2, 0) is 10.2 Å². The lowest BCUT2D eigenvalue weighted by atomic mass is 9.83. The lowest BCUT2D eigenvalue weighted by Gasteiger charge is -2.39. The van der Waals surface area contributed by atoms with Crippen molar-refractivity contribution < 1.29 is 9.59 Å². The zero-order valence-corrected chi connectivity index (χ0v) is 21.9. The number of carbonyl (C=O) groups is 2. The highest BCUT2D eigenvalue weighted by atomic mass is 16.2. The molecule has 190 valence electrons. The number of rotatable bonds is 5. The van der Waals surface area contributed by atoms with Crippen LogP contribution in [0.4, 0.5) is 0 Å². The Labute approximate surface area is 217 Å². The van der Waals surface area contributed by atoms with E-state index in [2.05, 4.69) is 18.9 Å². The van der Waals surface area contributed by atoms with Crippen LogP contribution in [0.2, 0.25) is 0 Å². The molecule has 0 unspecified atom stereocenters. The van der Waals surface area contributed by atoms with Crippen molar-refractivity contribution in [2.45, 2.75) is 39.2 Å². The fourth-order valence-corrected chi connectivity index (χ4v) is 4.99. The third-order valence-corrected chi connectivity index (χ3v) is 7.24. The van der Waals surface area contributed by atoms with E-state index in [-0.39, 0.29) is 17.9 Å². The van der Waals surface area contributed by atoms with Crippen molar-refractivity contribution in [3.05, 3.63) is 84.1 Å². The van der Waals surface area contributed by atoms with Gasteiger partial charge in [0, 0.05) is 37.8 Å². The standard InChI is InChI=1S/C30H33N5O2/c1-21(2)35-27-25(20-31-35)24(19-26(32-27)22-11-7-5-8-12-22)28(36)33-15-17-34(18-16-33)29(37)30(3,4)23-13-9-6-10-14-23/h5-14,19-21H,15-18H2,1-4H3. The lowest BCUT2D eigenvalue weighted by molar-refractivity contribution is -0.137. The molecule has 0 bridgehead atoms. The predicted molar refractivity (Wildman–Crippen MR) is 145 cm³/mol. The number of amides is 2. The summed E-state index contributed by atoms with van der Waals surface area (Å²) >= 11 is 0. The molecule has 0 spiro atoms. The van der Waals surface area contributed by atoms with Crippen molar-refractivity contribution >= 4 is 22.8 Å². The maximum atomic E-state index is 13.8. The van der Waals surface area contributed by atoms with Crippen molar-refractivity contribution in [3.63, 3.8) is 0 Å². The molecule has 0 N–H and O–H groups in total. The van der Waals surface area contributed by atoms with Gasteiger partial charge in [0.05, 0.1) is 28.3 Å². The van der Waals surface area contributed by atoms with Crippen molar-refractivity contribution in [3.8, 4) is 11.3 Å². The molecular formula is C30H33N5O2. The molecule has 1 saturated heterocycles. The van der Waals surface area contributed by atoms with Crippen LogP contribution in [0, 0.1) is 0 Å². The quantitative estimate of drug-likeness (QED) is 0.393. The first kappa shape index (κ1) is 24.7. The summed E-state index contributed by atoms with van der Waals surface area (Å²) < 4.78 is 1.86. The van der Waals surface area contributed by atoms with Gasteiger partial charge in [-0.1, -0.05) is 60.7 Å². The zero-order chi connectivity index (χ0) is 26.2. The van der Waals surface area contributed by atoms with Gasteiger partial charge in [-0.15, -0.1) is 0 Å². The Kier molecular flexibility index (Phi) is 6.54. The van der Waals surface area contributed by atoms with Crippen molar-refractivity contribution in [2.24, 2.45) is 0 Å². The van der Waals surface area contributed by atoms with Gasteiger partial charge in [-0.25, -0.2) is 9.67 Å². The monoisotopic (exact) mass is 495 g/mol. The normalized spacial score (nSPS) is 14.4. The molecule has 2 aromatic heterocycles. The molecule has 5 rings (SSSR count). The van der Waals surface area contributed by atoms with E-state index in [1.165, 1.54) is 0 Å². The third kappa shape index (κ3) is 4.61. The zero-order valence-electron chi connectivity index (χ0n) is 21.9. The second-order valence-electron chi connectivity index (χ2n) is 10.4. The molecular weight excluding hydrogens is 462 g/mol. The van der Waals surface area contributed by atoms with E-state index < -0.39 is 5.41 Å². The maximum absolute atomic E-state index is 13.8. The summed E-state index contributed by atoms with van der Waals surface area (Å²) in [6.07, 6.45) is 1.74.